The predicted octanol–water partition coefficient (Wildman–Crippen LogP) is 3.83. The summed E-state index contributed by atoms with van der Waals surface area (Å²) >= 11 is 0. The van der Waals surface area contributed by atoms with E-state index in [-0.39, 0.29) is 5.92 Å². The maximum Gasteiger partial charge on any atom is 0.0731 e. The molecule has 1 fully saturated rings. The van der Waals surface area contributed by atoms with E-state index >= 15 is 0 Å². The Balaban J connectivity index is 1.89. The summed E-state index contributed by atoms with van der Waals surface area (Å²) < 4.78 is 0. The molecule has 19 heavy (non-hydrogen) atoms. The average Bonchev–Trinajstić information content (AvgIpc) is 2.47. The fourth-order valence-corrected chi connectivity index (χ4v) is 4.15. The fourth-order valence-electron chi connectivity index (χ4n) is 4.15. The molecule has 2 atom stereocenters. The van der Waals surface area contributed by atoms with E-state index in [2.05, 4.69) is 18.0 Å². The first-order valence-corrected chi connectivity index (χ1v) is 7.86. The summed E-state index contributed by atoms with van der Waals surface area (Å²) in [6.45, 7) is 2.07. The van der Waals surface area contributed by atoms with Crippen molar-refractivity contribution < 1.29 is 5.11 Å². The number of hydrogen-bond acceptors (Lipinski definition) is 2. The molecule has 0 spiro atoms. The number of rotatable bonds is 2. The number of aryl methyl sites for hydroxylation is 1. The third-order valence-corrected chi connectivity index (χ3v) is 5.33. The van der Waals surface area contributed by atoms with Gasteiger partial charge < -0.3 is 5.11 Å². The lowest BCUT2D eigenvalue weighted by Gasteiger charge is -2.43. The highest BCUT2D eigenvalue weighted by atomic mass is 16.3. The maximum atomic E-state index is 11.2. The van der Waals surface area contributed by atoms with Crippen LogP contribution in [-0.4, -0.2) is 15.7 Å². The summed E-state index contributed by atoms with van der Waals surface area (Å²) in [7, 11) is 0. The summed E-state index contributed by atoms with van der Waals surface area (Å²) in [4.78, 5) is 4.60. The molecule has 2 aliphatic carbocycles. The normalized spacial score (nSPS) is 27.6. The topological polar surface area (TPSA) is 33.1 Å². The maximum absolute atomic E-state index is 11.2. The van der Waals surface area contributed by atoms with Gasteiger partial charge in [0.1, 0.15) is 0 Å². The highest BCUT2D eigenvalue weighted by molar-refractivity contribution is 5.28. The monoisotopic (exact) mass is 259 g/mol. The van der Waals surface area contributed by atoms with Crippen molar-refractivity contribution in [2.75, 3.05) is 0 Å². The molecule has 2 heteroatoms. The van der Waals surface area contributed by atoms with Crippen LogP contribution in [0.15, 0.2) is 18.3 Å². The molecule has 0 aliphatic heterocycles. The van der Waals surface area contributed by atoms with Crippen molar-refractivity contribution in [2.45, 2.75) is 69.8 Å². The molecule has 0 radical (unpaired) electrons. The minimum absolute atomic E-state index is 0.237. The zero-order chi connectivity index (χ0) is 13.3. The van der Waals surface area contributed by atoms with Crippen LogP contribution in [0.3, 0.4) is 0 Å². The van der Waals surface area contributed by atoms with Crippen molar-refractivity contribution in [3.8, 4) is 0 Å². The van der Waals surface area contributed by atoms with E-state index < -0.39 is 5.60 Å². The fraction of sp³-hybridized carbons (Fsp3) is 0.706. The van der Waals surface area contributed by atoms with E-state index in [1.165, 1.54) is 49.8 Å². The van der Waals surface area contributed by atoms with E-state index in [0.29, 0.717) is 5.92 Å². The lowest BCUT2D eigenvalue weighted by molar-refractivity contribution is -0.0454. The van der Waals surface area contributed by atoms with Crippen molar-refractivity contribution >= 4 is 0 Å². The Bertz CT molecular complexity index is 435. The summed E-state index contributed by atoms with van der Waals surface area (Å²) in [5.74, 6) is 0.694. The number of hydrogen-bond donors (Lipinski definition) is 1. The Morgan fingerprint density at radius 3 is 2.74 bits per heavy atom. The third-order valence-electron chi connectivity index (χ3n) is 5.33. The molecule has 2 nitrogen and oxygen atoms in total. The molecule has 1 heterocycles. The van der Waals surface area contributed by atoms with Gasteiger partial charge >= 0.3 is 0 Å². The van der Waals surface area contributed by atoms with Crippen LogP contribution in [0.5, 0.6) is 0 Å². The Labute approximate surface area is 116 Å². The van der Waals surface area contributed by atoms with Gasteiger partial charge in [-0.3, -0.25) is 4.98 Å². The Morgan fingerprint density at radius 2 is 1.95 bits per heavy atom. The molecule has 104 valence electrons. The molecule has 2 aliphatic rings. The van der Waals surface area contributed by atoms with Crippen LogP contribution >= 0.6 is 0 Å². The number of nitrogens with zero attached hydrogens (tertiary/aromatic N) is 1. The van der Waals surface area contributed by atoms with Crippen LogP contribution in [0.4, 0.5) is 0 Å². The molecule has 3 rings (SSSR count). The SMILES string of the molecule is CC(O)(C1CCCCC1)C1CCCc2cccnc21. The zero-order valence-electron chi connectivity index (χ0n) is 11.9. The number of fused-ring (bicyclic) bond motifs is 1. The minimum Gasteiger partial charge on any atom is -0.389 e. The molecule has 1 aromatic heterocycles. The van der Waals surface area contributed by atoms with E-state index in [1.807, 2.05) is 12.3 Å². The van der Waals surface area contributed by atoms with Gasteiger partial charge in [-0.2, -0.15) is 0 Å². The quantitative estimate of drug-likeness (QED) is 0.875. The number of pyridine rings is 1. The van der Waals surface area contributed by atoms with Gasteiger partial charge in [0, 0.05) is 17.8 Å². The first kappa shape index (κ1) is 13.1. The highest BCUT2D eigenvalue weighted by Gasteiger charge is 2.42. The van der Waals surface area contributed by atoms with Crippen molar-refractivity contribution in [1.29, 1.82) is 0 Å². The van der Waals surface area contributed by atoms with E-state index in [9.17, 15) is 5.11 Å². The van der Waals surface area contributed by atoms with Gasteiger partial charge in [0.2, 0.25) is 0 Å². The van der Waals surface area contributed by atoms with Crippen LogP contribution in [0.1, 0.15) is 69.0 Å². The van der Waals surface area contributed by atoms with Gasteiger partial charge in [-0.1, -0.05) is 25.3 Å². The second kappa shape index (κ2) is 5.24. The lowest BCUT2D eigenvalue weighted by Crippen LogP contribution is -2.43. The van der Waals surface area contributed by atoms with Crippen LogP contribution in [-0.2, 0) is 6.42 Å². The first-order valence-electron chi connectivity index (χ1n) is 7.86. The summed E-state index contributed by atoms with van der Waals surface area (Å²) in [5.41, 5.74) is 1.95. The Kier molecular flexibility index (Phi) is 3.62. The van der Waals surface area contributed by atoms with Gasteiger partial charge in [-0.15, -0.1) is 0 Å². The highest BCUT2D eigenvalue weighted by Crippen LogP contribution is 2.45. The lowest BCUT2D eigenvalue weighted by atomic mass is 9.67. The summed E-state index contributed by atoms with van der Waals surface area (Å²) in [5, 5.41) is 11.2. The average molecular weight is 259 g/mol. The Hall–Kier alpha value is -0.890. The number of aliphatic hydroxyl groups is 1. The molecule has 0 aromatic carbocycles. The second-order valence-electron chi connectivity index (χ2n) is 6.55. The van der Waals surface area contributed by atoms with Crippen molar-refractivity contribution in [3.63, 3.8) is 0 Å². The van der Waals surface area contributed by atoms with Crippen LogP contribution in [0.2, 0.25) is 0 Å². The van der Waals surface area contributed by atoms with Gasteiger partial charge in [-0.05, 0) is 56.6 Å². The largest absolute Gasteiger partial charge is 0.389 e. The molecule has 1 aromatic rings. The first-order chi connectivity index (χ1) is 9.19. The molecule has 2 unspecified atom stereocenters. The van der Waals surface area contributed by atoms with Gasteiger partial charge in [0.15, 0.2) is 0 Å². The molecule has 0 bridgehead atoms. The van der Waals surface area contributed by atoms with Gasteiger partial charge in [0.25, 0.3) is 0 Å². The van der Waals surface area contributed by atoms with Crippen LogP contribution < -0.4 is 0 Å². The van der Waals surface area contributed by atoms with E-state index in [1.54, 1.807) is 0 Å². The van der Waals surface area contributed by atoms with Crippen LogP contribution in [0.25, 0.3) is 0 Å². The third kappa shape index (κ3) is 2.43. The zero-order valence-corrected chi connectivity index (χ0v) is 11.9. The second-order valence-corrected chi connectivity index (χ2v) is 6.55. The van der Waals surface area contributed by atoms with Crippen molar-refractivity contribution in [2.24, 2.45) is 5.92 Å². The molecule has 1 N–H and O–H groups in total. The molecule has 0 amide bonds. The number of aromatic nitrogens is 1. The molecular weight excluding hydrogens is 234 g/mol. The van der Waals surface area contributed by atoms with Gasteiger partial charge in [0.05, 0.1) is 5.60 Å². The smallest absolute Gasteiger partial charge is 0.0731 e. The van der Waals surface area contributed by atoms with Gasteiger partial charge in [-0.25, -0.2) is 0 Å². The van der Waals surface area contributed by atoms with Crippen molar-refractivity contribution in [3.05, 3.63) is 29.6 Å². The van der Waals surface area contributed by atoms with Crippen LogP contribution in [0, 0.1) is 5.92 Å². The van der Waals surface area contributed by atoms with E-state index in [0.717, 1.165) is 12.8 Å². The molecule has 0 saturated heterocycles. The molecular formula is C17H25NO. The van der Waals surface area contributed by atoms with Crippen molar-refractivity contribution in [1.82, 2.24) is 4.98 Å². The standard InChI is InChI=1S/C17H25NO/c1-17(19,14-9-3-2-4-10-14)15-11-5-7-13-8-6-12-18-16(13)15/h6,8,12,14-15,19H,2-5,7,9-11H2,1H3. The summed E-state index contributed by atoms with van der Waals surface area (Å²) in [6, 6.07) is 4.21. The van der Waals surface area contributed by atoms with E-state index in [4.69, 9.17) is 0 Å². The minimum atomic E-state index is -0.579. The molecule has 1 saturated carbocycles. The Morgan fingerprint density at radius 1 is 1.16 bits per heavy atom. The summed E-state index contributed by atoms with van der Waals surface area (Å²) in [6.07, 6.45) is 11.6. The predicted molar refractivity (Wildman–Crippen MR) is 77.1 cm³/mol.